The van der Waals surface area contributed by atoms with Crippen LogP contribution in [0.2, 0.25) is 0 Å². The van der Waals surface area contributed by atoms with Gasteiger partial charge in [0.2, 0.25) is 0 Å². The Morgan fingerprint density at radius 1 is 0.446 bits per heavy atom. The summed E-state index contributed by atoms with van der Waals surface area (Å²) in [4.78, 5) is 24.7. The lowest BCUT2D eigenvalue weighted by molar-refractivity contribution is 1.06. The van der Waals surface area contributed by atoms with Gasteiger partial charge < -0.3 is 4.57 Å². The number of thiophene rings is 1. The molecule has 7 aromatic carbocycles. The maximum absolute atomic E-state index is 8.94. The van der Waals surface area contributed by atoms with Crippen LogP contribution in [0.15, 0.2) is 182 Å². The smallest absolute Gasteiger partial charge is 0.166 e. The topological polar surface area (TPSA) is 69.4 Å². The molecule has 0 saturated heterocycles. The lowest BCUT2D eigenvalue weighted by Crippen LogP contribution is -2.04. The zero-order chi connectivity index (χ0) is 45.7. The van der Waals surface area contributed by atoms with Gasteiger partial charge in [-0.25, -0.2) is 24.9 Å². The van der Waals surface area contributed by atoms with Gasteiger partial charge >= 0.3 is 0 Å². The highest BCUT2D eigenvalue weighted by Crippen LogP contribution is 2.41. The largest absolute Gasteiger partial charge is 0.309 e. The minimum Gasteiger partial charge on any atom is -0.309 e. The summed E-state index contributed by atoms with van der Waals surface area (Å²) in [5.74, 6) is -0.444. The van der Waals surface area contributed by atoms with Crippen molar-refractivity contribution in [2.45, 2.75) is 0 Å². The standard InChI is InChI=1S/C49H30N6S/c1-4-16-31(17-5-1)43-45-44(37-24-12-15-27-42(37)56-45)51-48(50-43)34-28-29-41(55-39-25-13-10-22-35(39)36-23-11-14-26-40(36)55)38(30-34)49-53-46(32-18-6-2-7-19-32)52-47(54-49)33-20-8-3-9-21-33/h1-30H/i2D,3D,6D,7D,8D,9D,18D,19D,20D,21D. The molecule has 0 aliphatic rings. The molecule has 0 aliphatic heterocycles. The molecule has 4 heterocycles. The third-order valence-corrected chi connectivity index (χ3v) is 10.8. The SMILES string of the molecule is [2H]c1c([2H])c([2H])c(-c2nc(-c3cc(-c4nc(-c5ccccc5)c5sc6ccccc6c5n4)ccc3-n3c4ccccc4c4ccccc43)nc(-c3c([2H])c([2H])c([2H])c([2H])c3[2H])n2)c([2H])c1[2H]. The molecule has 0 N–H and O–H groups in total. The molecule has 11 rings (SSSR count). The first-order chi connectivity index (χ1) is 31.9. The summed E-state index contributed by atoms with van der Waals surface area (Å²) in [7, 11) is 0. The summed E-state index contributed by atoms with van der Waals surface area (Å²) in [5, 5.41) is 2.89. The van der Waals surface area contributed by atoms with Crippen molar-refractivity contribution in [3.63, 3.8) is 0 Å². The van der Waals surface area contributed by atoms with E-state index in [1.807, 2.05) is 120 Å². The Kier molecular flexibility index (Phi) is 5.52. The van der Waals surface area contributed by atoms with Crippen LogP contribution in [0.25, 0.3) is 105 Å². The van der Waals surface area contributed by atoms with Gasteiger partial charge in [-0.3, -0.25) is 0 Å². The van der Waals surface area contributed by atoms with Crippen LogP contribution in [0.3, 0.4) is 0 Å². The Balaban J connectivity index is 1.27. The molecule has 262 valence electrons. The maximum atomic E-state index is 8.94. The number of benzene rings is 7. The van der Waals surface area contributed by atoms with Crippen LogP contribution in [0.4, 0.5) is 0 Å². The summed E-state index contributed by atoms with van der Waals surface area (Å²) in [6.45, 7) is 0. The zero-order valence-electron chi connectivity index (χ0n) is 39.1. The van der Waals surface area contributed by atoms with Gasteiger partial charge in [0, 0.05) is 48.7 Å². The van der Waals surface area contributed by atoms with Crippen molar-refractivity contribution >= 4 is 53.4 Å². The van der Waals surface area contributed by atoms with Gasteiger partial charge in [0.25, 0.3) is 0 Å². The first-order valence-corrected chi connectivity index (χ1v) is 18.5. The Morgan fingerprint density at radius 2 is 1.00 bits per heavy atom. The fourth-order valence-electron chi connectivity index (χ4n) is 7.19. The van der Waals surface area contributed by atoms with Gasteiger partial charge in [-0.2, -0.15) is 0 Å². The molecule has 0 fully saturated rings. The number of aromatic nitrogens is 6. The van der Waals surface area contributed by atoms with Gasteiger partial charge in [0.05, 0.1) is 46.3 Å². The fourth-order valence-corrected chi connectivity index (χ4v) is 8.34. The van der Waals surface area contributed by atoms with E-state index in [9.17, 15) is 0 Å². The number of rotatable bonds is 6. The molecule has 0 radical (unpaired) electrons. The van der Waals surface area contributed by atoms with Gasteiger partial charge in [-0.1, -0.05) is 145 Å². The summed E-state index contributed by atoms with van der Waals surface area (Å²) in [6, 6.07) is 33.1. The highest BCUT2D eigenvalue weighted by molar-refractivity contribution is 7.26. The molecule has 56 heavy (non-hydrogen) atoms. The lowest BCUT2D eigenvalue weighted by atomic mass is 10.0. The van der Waals surface area contributed by atoms with Crippen LogP contribution in [-0.4, -0.2) is 29.5 Å². The number of fused-ring (bicyclic) bond motifs is 6. The van der Waals surface area contributed by atoms with Gasteiger partial charge in [0.1, 0.15) is 0 Å². The lowest BCUT2D eigenvalue weighted by Gasteiger charge is -2.16. The predicted molar refractivity (Wildman–Crippen MR) is 230 cm³/mol. The van der Waals surface area contributed by atoms with Crippen molar-refractivity contribution in [2.24, 2.45) is 0 Å². The summed E-state index contributed by atoms with van der Waals surface area (Å²) < 4.78 is 90.5. The average Bonchev–Trinajstić information content (AvgIpc) is 3.89. The Hall–Kier alpha value is -7.35. The summed E-state index contributed by atoms with van der Waals surface area (Å²) in [6.07, 6.45) is 0. The number of para-hydroxylation sites is 2. The third-order valence-electron chi connectivity index (χ3n) is 9.67. The molecular weight excluding hydrogens is 705 g/mol. The first kappa shape index (κ1) is 23.4. The zero-order valence-corrected chi connectivity index (χ0v) is 30.0. The highest BCUT2D eigenvalue weighted by atomic mass is 32.1. The van der Waals surface area contributed by atoms with Crippen LogP contribution in [0.1, 0.15) is 13.7 Å². The summed E-state index contributed by atoms with van der Waals surface area (Å²) in [5.41, 5.74) is 4.81. The predicted octanol–water partition coefficient (Wildman–Crippen LogP) is 12.5. The Morgan fingerprint density at radius 3 is 1.66 bits per heavy atom. The van der Waals surface area contributed by atoms with Gasteiger partial charge in [-0.15, -0.1) is 11.3 Å². The van der Waals surface area contributed by atoms with Crippen LogP contribution in [-0.2, 0) is 0 Å². The molecule has 0 aliphatic carbocycles. The number of hydrogen-bond acceptors (Lipinski definition) is 6. The van der Waals surface area contributed by atoms with Crippen LogP contribution >= 0.6 is 11.3 Å². The molecule has 0 amide bonds. The van der Waals surface area contributed by atoms with Crippen LogP contribution in [0, 0.1) is 0 Å². The Bertz CT molecular complexity index is 3660. The van der Waals surface area contributed by atoms with E-state index < -0.39 is 60.4 Å². The van der Waals surface area contributed by atoms with E-state index in [-0.39, 0.29) is 28.6 Å². The first-order valence-electron chi connectivity index (χ1n) is 22.7. The molecular formula is C49H30N6S. The van der Waals surface area contributed by atoms with Crippen molar-refractivity contribution in [1.29, 1.82) is 0 Å². The molecule has 0 spiro atoms. The van der Waals surface area contributed by atoms with Crippen molar-refractivity contribution in [3.8, 4) is 62.5 Å². The maximum Gasteiger partial charge on any atom is 0.166 e. The second kappa shape index (κ2) is 13.2. The van der Waals surface area contributed by atoms with E-state index in [0.717, 1.165) is 53.4 Å². The molecule has 0 unspecified atom stereocenters. The van der Waals surface area contributed by atoms with E-state index in [0.29, 0.717) is 22.6 Å². The van der Waals surface area contributed by atoms with Crippen LogP contribution in [0.5, 0.6) is 0 Å². The van der Waals surface area contributed by atoms with Crippen molar-refractivity contribution < 1.29 is 13.7 Å². The minimum absolute atomic E-state index is 0.0855. The van der Waals surface area contributed by atoms with Crippen LogP contribution < -0.4 is 0 Å². The van der Waals surface area contributed by atoms with Crippen molar-refractivity contribution in [1.82, 2.24) is 29.5 Å². The summed E-state index contributed by atoms with van der Waals surface area (Å²) >= 11 is 1.61. The van der Waals surface area contributed by atoms with Gasteiger partial charge in [0.15, 0.2) is 23.3 Å². The molecule has 0 bridgehead atoms. The van der Waals surface area contributed by atoms with E-state index in [2.05, 4.69) is 11.1 Å². The number of hydrogen-bond donors (Lipinski definition) is 0. The average molecular weight is 745 g/mol. The van der Waals surface area contributed by atoms with E-state index >= 15 is 0 Å². The third kappa shape index (κ3) is 5.36. The molecule has 0 saturated carbocycles. The second-order valence-corrected chi connectivity index (χ2v) is 14.0. The fraction of sp³-hybridized carbons (Fsp3) is 0. The van der Waals surface area contributed by atoms with Gasteiger partial charge in [-0.05, 0) is 36.4 Å². The number of nitrogens with zero attached hydrogens (tertiary/aromatic N) is 6. The molecule has 4 aromatic heterocycles. The van der Waals surface area contributed by atoms with Crippen molar-refractivity contribution in [2.75, 3.05) is 0 Å². The molecule has 7 heteroatoms. The van der Waals surface area contributed by atoms with E-state index in [1.165, 1.54) is 0 Å². The molecule has 0 atom stereocenters. The highest BCUT2D eigenvalue weighted by Gasteiger charge is 2.22. The van der Waals surface area contributed by atoms with Crippen molar-refractivity contribution in [3.05, 3.63) is 182 Å². The van der Waals surface area contributed by atoms with E-state index in [1.54, 1.807) is 11.3 Å². The molecule has 11 aromatic rings. The normalized spacial score (nSPS) is 14.1. The van der Waals surface area contributed by atoms with E-state index in [4.69, 9.17) is 33.6 Å². The second-order valence-electron chi connectivity index (χ2n) is 12.9. The Labute approximate surface area is 340 Å². The minimum atomic E-state index is -0.631. The quantitative estimate of drug-likeness (QED) is 0.170. The monoisotopic (exact) mass is 744 g/mol. The molecule has 6 nitrogen and oxygen atoms in total.